The zero-order chi connectivity index (χ0) is 18.5. The maximum atomic E-state index is 11.3. The molecule has 0 aliphatic carbocycles. The summed E-state index contributed by atoms with van der Waals surface area (Å²) in [6.45, 7) is 1.94. The Bertz CT molecular complexity index is 610. The zero-order valence-corrected chi connectivity index (χ0v) is 15.9. The van der Waals surface area contributed by atoms with Gasteiger partial charge < -0.3 is 30.2 Å². The summed E-state index contributed by atoms with van der Waals surface area (Å²) in [4.78, 5) is 17.8. The standard InChI is InChI=1S/C10H8N2O2S2.2C2H4O2.Fe/c13-11-7-3-1-5-9(11)15-16-10-6-2-4-8-12(10)14;2*1-2(3)4;/h1-8H;2*1H3,(H,3,4);/q;;;+2/p-2. The summed E-state index contributed by atoms with van der Waals surface area (Å²) in [5.41, 5.74) is 0. The van der Waals surface area contributed by atoms with E-state index in [1.807, 2.05) is 0 Å². The number of hydrogen-bond donors (Lipinski definition) is 0. The van der Waals surface area contributed by atoms with Crippen molar-refractivity contribution >= 4 is 33.5 Å². The molecule has 25 heavy (non-hydrogen) atoms. The largest absolute Gasteiger partial charge is 2.00 e. The molecule has 0 saturated heterocycles. The molecule has 0 aliphatic heterocycles. The molecule has 2 aromatic heterocycles. The summed E-state index contributed by atoms with van der Waals surface area (Å²) in [7, 11) is 2.52. The number of rotatable bonds is 3. The van der Waals surface area contributed by atoms with E-state index < -0.39 is 11.9 Å². The molecule has 0 radical (unpaired) electrons. The molecule has 0 fully saturated rings. The number of nitrogens with zero attached hydrogens (tertiary/aromatic N) is 2. The van der Waals surface area contributed by atoms with Gasteiger partial charge in [0, 0.05) is 57.8 Å². The van der Waals surface area contributed by atoms with E-state index in [0.29, 0.717) is 10.1 Å². The number of aliphatic carboxylic acids is 2. The van der Waals surface area contributed by atoms with Gasteiger partial charge in [0.1, 0.15) is 0 Å². The van der Waals surface area contributed by atoms with Crippen LogP contribution in [0, 0.1) is 10.4 Å². The molecular weight excluding hydrogens is 412 g/mol. The van der Waals surface area contributed by atoms with Crippen LogP contribution in [0.2, 0.25) is 0 Å². The number of aromatic nitrogens is 2. The van der Waals surface area contributed by atoms with Gasteiger partial charge in [0.2, 0.25) is 0 Å². The van der Waals surface area contributed by atoms with E-state index in [9.17, 15) is 10.4 Å². The molecule has 0 aliphatic rings. The zero-order valence-electron chi connectivity index (χ0n) is 13.1. The number of carboxylic acids is 2. The first-order valence-electron chi connectivity index (χ1n) is 6.30. The molecule has 0 bridgehead atoms. The minimum absolute atomic E-state index is 0. The molecule has 0 spiro atoms. The number of pyridine rings is 2. The van der Waals surface area contributed by atoms with Gasteiger partial charge in [-0.15, -0.1) is 0 Å². The first kappa shape index (κ1) is 25.3. The van der Waals surface area contributed by atoms with Crippen molar-refractivity contribution in [3.63, 3.8) is 0 Å². The second-order valence-corrected chi connectivity index (χ2v) is 6.05. The summed E-state index contributed by atoms with van der Waals surface area (Å²) in [5, 5.41) is 41.5. The van der Waals surface area contributed by atoms with Crippen LogP contribution in [0.1, 0.15) is 13.8 Å². The van der Waals surface area contributed by atoms with Crippen molar-refractivity contribution in [2.24, 2.45) is 0 Å². The van der Waals surface area contributed by atoms with Gasteiger partial charge in [-0.05, 0) is 26.0 Å². The first-order valence-corrected chi connectivity index (χ1v) is 8.45. The van der Waals surface area contributed by atoms with Crippen LogP contribution in [-0.4, -0.2) is 11.9 Å². The third-order valence-electron chi connectivity index (χ3n) is 1.79. The predicted octanol–water partition coefficient (Wildman–Crippen LogP) is -0.737. The molecule has 0 N–H and O–H groups in total. The van der Waals surface area contributed by atoms with E-state index in [2.05, 4.69) is 0 Å². The maximum absolute atomic E-state index is 11.3. The Kier molecular flexibility index (Phi) is 14.6. The third-order valence-corrected chi connectivity index (χ3v) is 4.12. The molecule has 0 atom stereocenters. The number of carboxylic acid groups (broad SMARTS) is 2. The second kappa shape index (κ2) is 14.4. The van der Waals surface area contributed by atoms with Gasteiger partial charge in [-0.3, -0.25) is 0 Å². The summed E-state index contributed by atoms with van der Waals surface area (Å²) < 4.78 is 1.55. The van der Waals surface area contributed by atoms with E-state index in [1.165, 1.54) is 34.0 Å². The molecular formula is C14H14FeN2O6S2. The molecule has 136 valence electrons. The van der Waals surface area contributed by atoms with Crippen LogP contribution in [-0.2, 0) is 26.7 Å². The van der Waals surface area contributed by atoms with Crippen LogP contribution in [0.5, 0.6) is 0 Å². The molecule has 0 saturated carbocycles. The van der Waals surface area contributed by atoms with E-state index >= 15 is 0 Å². The molecule has 2 rings (SSSR count). The second-order valence-electron chi connectivity index (χ2n) is 3.88. The van der Waals surface area contributed by atoms with Gasteiger partial charge in [0.25, 0.3) is 10.1 Å². The summed E-state index contributed by atoms with van der Waals surface area (Å²) in [6, 6.07) is 10.3. The molecule has 2 aromatic rings. The van der Waals surface area contributed by atoms with Crippen molar-refractivity contribution in [3.05, 3.63) is 59.2 Å². The SMILES string of the molecule is CC(=O)[O-].CC(=O)[O-].[Fe+2].[O-][n+]1ccccc1SSc1cccc[n+]1[O-]. The number of carbonyl (C=O) groups is 2. The van der Waals surface area contributed by atoms with E-state index in [1.54, 1.807) is 36.4 Å². The van der Waals surface area contributed by atoms with Crippen molar-refractivity contribution in [2.45, 2.75) is 23.9 Å². The predicted molar refractivity (Wildman–Crippen MR) is 83.9 cm³/mol. The molecule has 8 nitrogen and oxygen atoms in total. The Balaban J connectivity index is 0. The normalized spacial score (nSPS) is 8.56. The number of carbonyl (C=O) groups excluding carboxylic acids is 2. The van der Waals surface area contributed by atoms with Crippen LogP contribution in [0.15, 0.2) is 58.8 Å². The van der Waals surface area contributed by atoms with Crippen molar-refractivity contribution < 1.29 is 46.3 Å². The quantitative estimate of drug-likeness (QED) is 0.271. The molecule has 0 amide bonds. The fourth-order valence-electron chi connectivity index (χ4n) is 1.04. The summed E-state index contributed by atoms with van der Waals surface area (Å²) in [6.07, 6.45) is 2.86. The maximum Gasteiger partial charge on any atom is 2.00 e. The fourth-order valence-corrected chi connectivity index (χ4v) is 3.03. The Labute approximate surface area is 162 Å². The van der Waals surface area contributed by atoms with Crippen molar-refractivity contribution in [1.82, 2.24) is 0 Å². The monoisotopic (exact) mass is 426 g/mol. The van der Waals surface area contributed by atoms with Gasteiger partial charge in [-0.1, -0.05) is 0 Å². The van der Waals surface area contributed by atoms with E-state index in [-0.39, 0.29) is 17.1 Å². The molecule has 0 aromatic carbocycles. The average Bonchev–Trinajstić information content (AvgIpc) is 2.47. The van der Waals surface area contributed by atoms with Crippen LogP contribution >= 0.6 is 21.6 Å². The Morgan fingerprint density at radius 2 is 1.08 bits per heavy atom. The fraction of sp³-hybridized carbons (Fsp3) is 0.143. The molecule has 2 heterocycles. The van der Waals surface area contributed by atoms with Gasteiger partial charge in [0.15, 0.2) is 12.4 Å². The third kappa shape index (κ3) is 14.1. The number of hydrogen-bond acceptors (Lipinski definition) is 8. The Morgan fingerprint density at radius 1 is 0.800 bits per heavy atom. The van der Waals surface area contributed by atoms with E-state index in [4.69, 9.17) is 19.8 Å². The van der Waals surface area contributed by atoms with Crippen molar-refractivity contribution in [2.75, 3.05) is 0 Å². The minimum Gasteiger partial charge on any atom is -0.618 e. The topological polar surface area (TPSA) is 134 Å². The van der Waals surface area contributed by atoms with Crippen molar-refractivity contribution in [3.8, 4) is 0 Å². The van der Waals surface area contributed by atoms with Crippen LogP contribution in [0.25, 0.3) is 0 Å². The Hall–Kier alpha value is -1.94. The minimum atomic E-state index is -1.08. The van der Waals surface area contributed by atoms with Gasteiger partial charge in [-0.2, -0.15) is 9.46 Å². The Morgan fingerprint density at radius 3 is 1.32 bits per heavy atom. The van der Waals surface area contributed by atoms with Crippen LogP contribution in [0.3, 0.4) is 0 Å². The van der Waals surface area contributed by atoms with Gasteiger partial charge >= 0.3 is 17.1 Å². The first-order chi connectivity index (χ1) is 11.2. The molecule has 0 unspecified atom stereocenters. The van der Waals surface area contributed by atoms with Gasteiger partial charge in [0.05, 0.1) is 0 Å². The van der Waals surface area contributed by atoms with Gasteiger partial charge in [-0.25, -0.2) is 0 Å². The van der Waals surface area contributed by atoms with Crippen LogP contribution in [0.4, 0.5) is 0 Å². The smallest absolute Gasteiger partial charge is 0.618 e. The molecule has 11 heteroatoms. The van der Waals surface area contributed by atoms with Crippen LogP contribution < -0.4 is 19.7 Å². The average molecular weight is 426 g/mol. The van der Waals surface area contributed by atoms with Crippen molar-refractivity contribution in [1.29, 1.82) is 0 Å². The summed E-state index contributed by atoms with van der Waals surface area (Å²) in [5.74, 6) is -2.17. The van der Waals surface area contributed by atoms with E-state index in [0.717, 1.165) is 23.3 Å². The summed E-state index contributed by atoms with van der Waals surface area (Å²) >= 11 is 0.